The van der Waals surface area contributed by atoms with Gasteiger partial charge >= 0.3 is 0 Å². The molecule has 2 N–H and O–H groups in total. The first-order valence-corrected chi connectivity index (χ1v) is 7.45. The highest BCUT2D eigenvalue weighted by atomic mass is 32.2. The van der Waals surface area contributed by atoms with Gasteiger partial charge in [0.25, 0.3) is 10.0 Å². The van der Waals surface area contributed by atoms with E-state index >= 15 is 0 Å². The van der Waals surface area contributed by atoms with Crippen molar-refractivity contribution in [2.75, 3.05) is 19.8 Å². The topological polar surface area (TPSA) is 130 Å². The van der Waals surface area contributed by atoms with Crippen LogP contribution in [-0.4, -0.2) is 48.5 Å². The van der Waals surface area contributed by atoms with E-state index in [4.69, 9.17) is 11.0 Å². The maximum Gasteiger partial charge on any atom is 0.289 e. The lowest BCUT2D eigenvalue weighted by Gasteiger charge is -2.10. The molecule has 22 heavy (non-hydrogen) atoms. The van der Waals surface area contributed by atoms with Gasteiger partial charge in [-0.15, -0.1) is 4.40 Å². The Balaban J connectivity index is 2.64. The molecule has 9 nitrogen and oxygen atoms in total. The van der Waals surface area contributed by atoms with E-state index in [2.05, 4.69) is 14.5 Å². The van der Waals surface area contributed by atoms with Crippen molar-refractivity contribution in [3.05, 3.63) is 30.2 Å². The van der Waals surface area contributed by atoms with Gasteiger partial charge in [-0.05, 0) is 6.07 Å². The first kappa shape index (κ1) is 15.5. The molecule has 0 aliphatic carbocycles. The Labute approximate surface area is 127 Å². The van der Waals surface area contributed by atoms with Crippen LogP contribution in [0.3, 0.4) is 0 Å². The molecule has 0 atom stereocenters. The second kappa shape index (κ2) is 5.82. The largest absolute Gasteiger partial charge is 0.397 e. The summed E-state index contributed by atoms with van der Waals surface area (Å²) in [5.74, 6) is -0.0163. The number of nitriles is 1. The van der Waals surface area contributed by atoms with Crippen LogP contribution in [0.25, 0.3) is 5.82 Å². The number of aromatic nitrogens is 3. The van der Waals surface area contributed by atoms with Crippen molar-refractivity contribution in [1.82, 2.24) is 19.7 Å². The van der Waals surface area contributed by atoms with Gasteiger partial charge in [-0.25, -0.2) is 9.67 Å². The third kappa shape index (κ3) is 3.04. The average Bonchev–Trinajstić information content (AvgIpc) is 2.93. The van der Waals surface area contributed by atoms with E-state index in [-0.39, 0.29) is 22.0 Å². The molecule has 0 amide bonds. The fourth-order valence-corrected chi connectivity index (χ4v) is 2.75. The van der Waals surface area contributed by atoms with Crippen molar-refractivity contribution < 1.29 is 8.42 Å². The number of nitrogens with zero attached hydrogens (tertiary/aromatic N) is 6. The van der Waals surface area contributed by atoms with E-state index < -0.39 is 10.0 Å². The van der Waals surface area contributed by atoms with Crippen LogP contribution in [0, 0.1) is 11.3 Å². The number of hydrogen-bond acceptors (Lipinski definition) is 6. The maximum absolute atomic E-state index is 12.4. The van der Waals surface area contributed by atoms with Gasteiger partial charge in [0.1, 0.15) is 12.4 Å². The van der Waals surface area contributed by atoms with Gasteiger partial charge in [0.15, 0.2) is 10.7 Å². The summed E-state index contributed by atoms with van der Waals surface area (Å²) in [6, 6.07) is 3.26. The van der Waals surface area contributed by atoms with E-state index in [0.717, 1.165) is 6.34 Å². The van der Waals surface area contributed by atoms with Gasteiger partial charge < -0.3 is 10.6 Å². The Bertz CT molecular complexity index is 862. The Hall–Kier alpha value is -2.93. The lowest BCUT2D eigenvalue weighted by atomic mass is 10.4. The molecule has 0 fully saturated rings. The van der Waals surface area contributed by atoms with E-state index in [1.807, 2.05) is 6.07 Å². The molecular weight excluding hydrogens is 306 g/mol. The first-order chi connectivity index (χ1) is 10.3. The molecule has 10 heteroatoms. The molecule has 0 aromatic carbocycles. The van der Waals surface area contributed by atoms with Crippen LogP contribution < -0.4 is 5.73 Å². The van der Waals surface area contributed by atoms with Crippen LogP contribution in [0.2, 0.25) is 0 Å². The number of anilines is 1. The minimum Gasteiger partial charge on any atom is -0.397 e. The lowest BCUT2D eigenvalue weighted by molar-refractivity contribution is 0.593. The van der Waals surface area contributed by atoms with Crippen LogP contribution in [0.1, 0.15) is 5.56 Å². The molecule has 0 saturated heterocycles. The van der Waals surface area contributed by atoms with E-state index in [0.29, 0.717) is 0 Å². The highest BCUT2D eigenvalue weighted by Gasteiger charge is 2.24. The molecule has 2 aromatic rings. The van der Waals surface area contributed by atoms with Gasteiger partial charge in [-0.2, -0.15) is 18.8 Å². The summed E-state index contributed by atoms with van der Waals surface area (Å²) in [5.41, 5.74) is 6.04. The van der Waals surface area contributed by atoms with Crippen molar-refractivity contribution >= 4 is 22.0 Å². The van der Waals surface area contributed by atoms with E-state index in [1.165, 1.54) is 34.2 Å². The highest BCUT2D eigenvalue weighted by molar-refractivity contribution is 7.90. The Morgan fingerprint density at radius 1 is 1.50 bits per heavy atom. The fraction of sp³-hybridized carbons (Fsp3) is 0.167. The molecule has 2 aromatic heterocycles. The van der Waals surface area contributed by atoms with Crippen molar-refractivity contribution in [2.24, 2.45) is 4.40 Å². The Kier molecular flexibility index (Phi) is 4.09. The monoisotopic (exact) mass is 319 g/mol. The average molecular weight is 319 g/mol. The minimum atomic E-state index is -4.07. The van der Waals surface area contributed by atoms with E-state index in [1.54, 1.807) is 14.1 Å². The number of hydrogen-bond donors (Lipinski definition) is 1. The van der Waals surface area contributed by atoms with Crippen LogP contribution in [0.15, 0.2) is 34.0 Å². The minimum absolute atomic E-state index is 0.00471. The summed E-state index contributed by atoms with van der Waals surface area (Å²) in [4.78, 5) is 5.21. The second-order valence-electron chi connectivity index (χ2n) is 4.50. The van der Waals surface area contributed by atoms with Crippen molar-refractivity contribution in [3.8, 4) is 11.9 Å². The van der Waals surface area contributed by atoms with Crippen molar-refractivity contribution in [3.63, 3.8) is 0 Å². The van der Waals surface area contributed by atoms with Gasteiger partial charge in [0, 0.05) is 20.3 Å². The number of nitrogen functional groups attached to an aromatic ring is 1. The number of nitrogens with two attached hydrogens (primary N) is 1. The zero-order chi connectivity index (χ0) is 16.3. The molecule has 2 heterocycles. The van der Waals surface area contributed by atoms with E-state index in [9.17, 15) is 8.42 Å². The normalized spacial score (nSPS) is 11.5. The molecule has 0 aliphatic heterocycles. The molecule has 0 bridgehead atoms. The summed E-state index contributed by atoms with van der Waals surface area (Å²) in [6.07, 6.45) is 5.16. The van der Waals surface area contributed by atoms with Gasteiger partial charge in [-0.1, -0.05) is 0 Å². The zero-order valence-corrected chi connectivity index (χ0v) is 12.7. The van der Waals surface area contributed by atoms with Gasteiger partial charge in [-0.3, -0.25) is 0 Å². The molecule has 0 saturated carbocycles. The third-order valence-electron chi connectivity index (χ3n) is 2.52. The standard InChI is InChI=1S/C12H13N7O2S/c1-18(2)8-17-22(20,21)11-10(14)3-4-15-12(11)19-7-9(5-13)6-16-19/h3-4,6-8H,1-2H3,(H2,14,15). The molecule has 0 unspecified atom stereocenters. The van der Waals surface area contributed by atoms with Crippen LogP contribution in [0.5, 0.6) is 0 Å². The van der Waals surface area contributed by atoms with Gasteiger partial charge in [0.05, 0.1) is 23.6 Å². The molecule has 0 spiro atoms. The molecular formula is C12H13N7O2S. The summed E-state index contributed by atoms with van der Waals surface area (Å²) in [7, 11) is -0.789. The predicted molar refractivity (Wildman–Crippen MR) is 79.9 cm³/mol. The highest BCUT2D eigenvalue weighted by Crippen LogP contribution is 2.25. The Morgan fingerprint density at radius 2 is 2.23 bits per heavy atom. The van der Waals surface area contributed by atoms with Crippen molar-refractivity contribution in [1.29, 1.82) is 5.26 Å². The maximum atomic E-state index is 12.4. The van der Waals surface area contributed by atoms with Crippen molar-refractivity contribution in [2.45, 2.75) is 4.90 Å². The molecule has 0 radical (unpaired) electrons. The number of rotatable bonds is 4. The van der Waals surface area contributed by atoms with Crippen LogP contribution >= 0.6 is 0 Å². The predicted octanol–water partition coefficient (Wildman–Crippen LogP) is -0.000220. The van der Waals surface area contributed by atoms with Gasteiger partial charge in [0.2, 0.25) is 0 Å². The first-order valence-electron chi connectivity index (χ1n) is 6.01. The summed E-state index contributed by atoms with van der Waals surface area (Å²) in [6.45, 7) is 0. The summed E-state index contributed by atoms with van der Waals surface area (Å²) in [5, 5.41) is 12.7. The second-order valence-corrected chi connectivity index (χ2v) is 6.07. The molecule has 0 aliphatic rings. The molecule has 114 valence electrons. The number of sulfonamides is 1. The smallest absolute Gasteiger partial charge is 0.289 e. The quantitative estimate of drug-likeness (QED) is 0.620. The SMILES string of the molecule is CN(C)C=NS(=O)(=O)c1c(N)ccnc1-n1cc(C#N)cn1. The number of pyridine rings is 1. The zero-order valence-electron chi connectivity index (χ0n) is 11.9. The Morgan fingerprint density at radius 3 is 2.82 bits per heavy atom. The summed E-state index contributed by atoms with van der Waals surface area (Å²) >= 11 is 0. The third-order valence-corrected chi connectivity index (χ3v) is 3.83. The lowest BCUT2D eigenvalue weighted by Crippen LogP contribution is -2.14. The van der Waals surface area contributed by atoms with Crippen LogP contribution in [-0.2, 0) is 10.0 Å². The molecule has 2 rings (SSSR count). The fourth-order valence-electron chi connectivity index (χ4n) is 1.58. The van der Waals surface area contributed by atoms with Crippen LogP contribution in [0.4, 0.5) is 5.69 Å². The summed E-state index contributed by atoms with van der Waals surface area (Å²) < 4.78 is 29.5.